The van der Waals surface area contributed by atoms with Gasteiger partial charge >= 0.3 is 6.18 Å². The van der Waals surface area contributed by atoms with Crippen LogP contribution in [0, 0.1) is 18.3 Å². The third kappa shape index (κ3) is 2.10. The first-order chi connectivity index (χ1) is 7.41. The maximum atomic E-state index is 12.6. The van der Waals surface area contributed by atoms with E-state index in [4.69, 9.17) is 5.26 Å². The van der Waals surface area contributed by atoms with Crippen molar-refractivity contribution in [1.29, 1.82) is 5.26 Å². The van der Waals surface area contributed by atoms with E-state index in [0.717, 1.165) is 13.0 Å². The molecule has 6 heteroatoms. The number of nitriles is 1. The Balaban J connectivity index is 3.61. The lowest BCUT2D eigenvalue weighted by molar-refractivity contribution is -0.138. The van der Waals surface area contributed by atoms with Gasteiger partial charge in [-0.2, -0.15) is 23.4 Å². The van der Waals surface area contributed by atoms with Crippen LogP contribution in [0.4, 0.5) is 18.9 Å². The van der Waals surface area contributed by atoms with E-state index < -0.39 is 17.3 Å². The number of nitrogens with zero attached hydrogens (tertiary/aromatic N) is 2. The quantitative estimate of drug-likeness (QED) is 0.546. The zero-order valence-electron chi connectivity index (χ0n) is 8.09. The fourth-order valence-corrected chi connectivity index (χ4v) is 1.33. The lowest BCUT2D eigenvalue weighted by atomic mass is 10.0. The Kier molecular flexibility index (Phi) is 3.11. The Morgan fingerprint density at radius 2 is 2.00 bits per heavy atom. The SMILES string of the molecule is Cc1c(N=C=O)ccc(C#N)c1C(F)(F)F. The molecule has 0 heterocycles. The summed E-state index contributed by atoms with van der Waals surface area (Å²) in [5.41, 5.74) is -1.95. The van der Waals surface area contributed by atoms with Gasteiger partial charge in [0.25, 0.3) is 0 Å². The number of hydrogen-bond donors (Lipinski definition) is 0. The molecule has 0 aliphatic heterocycles. The van der Waals surface area contributed by atoms with Crippen molar-refractivity contribution in [2.24, 2.45) is 4.99 Å². The third-order valence-electron chi connectivity index (χ3n) is 2.01. The van der Waals surface area contributed by atoms with E-state index in [1.807, 2.05) is 0 Å². The summed E-state index contributed by atoms with van der Waals surface area (Å²) < 4.78 is 37.9. The lowest BCUT2D eigenvalue weighted by Crippen LogP contribution is -2.10. The van der Waals surface area contributed by atoms with Crippen molar-refractivity contribution >= 4 is 11.8 Å². The minimum Gasteiger partial charge on any atom is -0.211 e. The zero-order valence-corrected chi connectivity index (χ0v) is 8.09. The zero-order chi connectivity index (χ0) is 12.3. The predicted octanol–water partition coefficient (Wildman–Crippen LogP) is 2.85. The minimum absolute atomic E-state index is 0.138. The van der Waals surface area contributed by atoms with Gasteiger partial charge in [-0.05, 0) is 24.6 Å². The normalized spacial score (nSPS) is 10.4. The number of hydrogen-bond acceptors (Lipinski definition) is 3. The van der Waals surface area contributed by atoms with E-state index in [9.17, 15) is 18.0 Å². The summed E-state index contributed by atoms with van der Waals surface area (Å²) in [4.78, 5) is 13.1. The van der Waals surface area contributed by atoms with Gasteiger partial charge < -0.3 is 0 Å². The van der Waals surface area contributed by atoms with Crippen LogP contribution in [0.15, 0.2) is 17.1 Å². The average Bonchev–Trinajstić information content (AvgIpc) is 2.19. The van der Waals surface area contributed by atoms with Crippen LogP contribution in [0.1, 0.15) is 16.7 Å². The molecule has 0 spiro atoms. The van der Waals surface area contributed by atoms with Crippen LogP contribution in [0.25, 0.3) is 0 Å². The minimum atomic E-state index is -4.65. The van der Waals surface area contributed by atoms with Gasteiger partial charge in [0.05, 0.1) is 22.9 Å². The summed E-state index contributed by atoms with van der Waals surface area (Å²) >= 11 is 0. The molecule has 0 bridgehead atoms. The smallest absolute Gasteiger partial charge is 0.211 e. The molecule has 0 aromatic heterocycles. The number of benzene rings is 1. The second kappa shape index (κ2) is 4.17. The Bertz CT molecular complexity index is 508. The van der Waals surface area contributed by atoms with Crippen LogP contribution in [0.5, 0.6) is 0 Å². The number of isocyanates is 1. The molecular weight excluding hydrogens is 221 g/mol. The molecule has 0 aliphatic rings. The molecule has 0 saturated carbocycles. The maximum absolute atomic E-state index is 12.6. The first-order valence-electron chi connectivity index (χ1n) is 4.10. The van der Waals surface area contributed by atoms with Gasteiger partial charge in [-0.15, -0.1) is 0 Å². The number of carbonyl (C=O) groups excluding carboxylic acids is 1. The highest BCUT2D eigenvalue weighted by atomic mass is 19.4. The Morgan fingerprint density at radius 1 is 1.38 bits per heavy atom. The van der Waals surface area contributed by atoms with E-state index in [2.05, 4.69) is 4.99 Å². The lowest BCUT2D eigenvalue weighted by Gasteiger charge is -2.12. The monoisotopic (exact) mass is 226 g/mol. The Morgan fingerprint density at radius 3 is 2.44 bits per heavy atom. The topological polar surface area (TPSA) is 53.2 Å². The molecule has 1 rings (SSSR count). The largest absolute Gasteiger partial charge is 0.418 e. The highest BCUT2D eigenvalue weighted by Crippen LogP contribution is 2.37. The summed E-state index contributed by atoms with van der Waals surface area (Å²) in [7, 11) is 0. The highest BCUT2D eigenvalue weighted by molar-refractivity contribution is 5.60. The molecule has 1 aromatic carbocycles. The summed E-state index contributed by atoms with van der Waals surface area (Å²) in [5.74, 6) is 0. The fraction of sp³-hybridized carbons (Fsp3) is 0.200. The van der Waals surface area contributed by atoms with Crippen molar-refractivity contribution in [3.63, 3.8) is 0 Å². The molecule has 0 atom stereocenters. The molecule has 0 amide bonds. The number of rotatable bonds is 1. The molecular formula is C10H5F3N2O. The van der Waals surface area contributed by atoms with Gasteiger partial charge in [-0.1, -0.05) is 0 Å². The first-order valence-corrected chi connectivity index (χ1v) is 4.10. The van der Waals surface area contributed by atoms with Crippen molar-refractivity contribution in [2.75, 3.05) is 0 Å². The van der Waals surface area contributed by atoms with Crippen molar-refractivity contribution in [1.82, 2.24) is 0 Å². The van der Waals surface area contributed by atoms with Crippen LogP contribution in [-0.4, -0.2) is 6.08 Å². The molecule has 0 unspecified atom stereocenters. The second-order valence-electron chi connectivity index (χ2n) is 2.94. The van der Waals surface area contributed by atoms with Crippen LogP contribution < -0.4 is 0 Å². The molecule has 0 saturated heterocycles. The summed E-state index contributed by atoms with van der Waals surface area (Å²) in [5, 5.41) is 8.57. The number of halogens is 3. The van der Waals surface area contributed by atoms with Crippen molar-refractivity contribution in [3.8, 4) is 6.07 Å². The maximum Gasteiger partial charge on any atom is 0.418 e. The average molecular weight is 226 g/mol. The van der Waals surface area contributed by atoms with Gasteiger partial charge in [0.1, 0.15) is 0 Å². The van der Waals surface area contributed by atoms with Crippen molar-refractivity contribution in [3.05, 3.63) is 28.8 Å². The van der Waals surface area contributed by atoms with Crippen LogP contribution in [0.2, 0.25) is 0 Å². The Hall–Kier alpha value is -2.12. The molecule has 3 nitrogen and oxygen atoms in total. The van der Waals surface area contributed by atoms with E-state index in [0.29, 0.717) is 0 Å². The summed E-state index contributed by atoms with van der Waals surface area (Å²) in [6.45, 7) is 1.15. The summed E-state index contributed by atoms with van der Waals surface area (Å²) in [6, 6.07) is 3.60. The van der Waals surface area contributed by atoms with E-state index in [1.165, 1.54) is 18.2 Å². The van der Waals surface area contributed by atoms with Gasteiger partial charge in [-0.3, -0.25) is 0 Å². The van der Waals surface area contributed by atoms with Crippen LogP contribution in [0.3, 0.4) is 0 Å². The van der Waals surface area contributed by atoms with E-state index in [1.54, 1.807) is 0 Å². The van der Waals surface area contributed by atoms with Gasteiger partial charge in [0, 0.05) is 0 Å². The molecule has 0 radical (unpaired) electrons. The predicted molar refractivity (Wildman–Crippen MR) is 48.7 cm³/mol. The third-order valence-corrected chi connectivity index (χ3v) is 2.01. The van der Waals surface area contributed by atoms with Crippen LogP contribution >= 0.6 is 0 Å². The number of alkyl halides is 3. The highest BCUT2D eigenvalue weighted by Gasteiger charge is 2.36. The standard InChI is InChI=1S/C10H5F3N2O/c1-6-8(15-5-16)3-2-7(4-14)9(6)10(11,12)13/h2-3H,1H3. The second-order valence-corrected chi connectivity index (χ2v) is 2.94. The molecule has 0 fully saturated rings. The fourth-order valence-electron chi connectivity index (χ4n) is 1.33. The summed E-state index contributed by atoms with van der Waals surface area (Å²) in [6.07, 6.45) is -3.48. The van der Waals surface area contributed by atoms with Gasteiger partial charge in [0.15, 0.2) is 0 Å². The molecule has 0 aliphatic carbocycles. The molecule has 82 valence electrons. The van der Waals surface area contributed by atoms with Gasteiger partial charge in [-0.25, -0.2) is 4.79 Å². The van der Waals surface area contributed by atoms with E-state index >= 15 is 0 Å². The Labute approximate surface area is 88.8 Å². The number of aliphatic imine (C=N–C) groups is 1. The van der Waals surface area contributed by atoms with Crippen molar-refractivity contribution < 1.29 is 18.0 Å². The molecule has 1 aromatic rings. The first kappa shape index (κ1) is 12.0. The van der Waals surface area contributed by atoms with Crippen molar-refractivity contribution in [2.45, 2.75) is 13.1 Å². The van der Waals surface area contributed by atoms with Crippen LogP contribution in [-0.2, 0) is 11.0 Å². The van der Waals surface area contributed by atoms with Gasteiger partial charge in [0.2, 0.25) is 6.08 Å². The van der Waals surface area contributed by atoms with E-state index in [-0.39, 0.29) is 11.3 Å². The molecule has 16 heavy (non-hydrogen) atoms. The molecule has 0 N–H and O–H groups in total.